The molecule has 2 aromatic carbocycles. The molecule has 1 aromatic heterocycles. The molecule has 0 aliphatic heterocycles. The van der Waals surface area contributed by atoms with Crippen LogP contribution in [0.2, 0.25) is 5.28 Å². The van der Waals surface area contributed by atoms with Gasteiger partial charge in [-0.2, -0.15) is 0 Å². The Bertz CT molecular complexity index is 1010. The van der Waals surface area contributed by atoms with E-state index in [4.69, 9.17) is 21.1 Å². The highest BCUT2D eigenvalue weighted by atomic mass is 35.5. The number of amides is 1. The average Bonchev–Trinajstić information content (AvgIpc) is 2.72. The van der Waals surface area contributed by atoms with E-state index in [1.165, 1.54) is 0 Å². The van der Waals surface area contributed by atoms with Crippen molar-refractivity contribution in [1.29, 1.82) is 0 Å². The molecule has 0 radical (unpaired) electrons. The minimum absolute atomic E-state index is 0.194. The number of aromatic nitrogens is 2. The van der Waals surface area contributed by atoms with Crippen molar-refractivity contribution in [3.63, 3.8) is 0 Å². The molecule has 6 nitrogen and oxygen atoms in total. The van der Waals surface area contributed by atoms with E-state index in [0.29, 0.717) is 24.4 Å². The lowest BCUT2D eigenvalue weighted by Gasteiger charge is -2.22. The first kappa shape index (κ1) is 22.6. The first-order valence-corrected chi connectivity index (χ1v) is 10.5. The van der Waals surface area contributed by atoms with Gasteiger partial charge in [0, 0.05) is 24.7 Å². The van der Waals surface area contributed by atoms with Crippen molar-refractivity contribution in [1.82, 2.24) is 15.3 Å². The van der Waals surface area contributed by atoms with Crippen LogP contribution in [0.5, 0.6) is 5.75 Å². The van der Waals surface area contributed by atoms with Gasteiger partial charge in [0.15, 0.2) is 0 Å². The first-order valence-electron chi connectivity index (χ1n) is 10.1. The van der Waals surface area contributed by atoms with Gasteiger partial charge in [-0.3, -0.25) is 0 Å². The molecule has 31 heavy (non-hydrogen) atoms. The fraction of sp³-hybridized carbons (Fsp3) is 0.292. The molecule has 1 N–H and O–H groups in total. The second-order valence-electron chi connectivity index (χ2n) is 7.97. The van der Waals surface area contributed by atoms with Crippen molar-refractivity contribution in [2.75, 3.05) is 6.54 Å². The molecular weight excluding hydrogens is 414 g/mol. The maximum absolute atomic E-state index is 12.0. The molecule has 3 aromatic rings. The van der Waals surface area contributed by atoms with Gasteiger partial charge < -0.3 is 14.8 Å². The van der Waals surface area contributed by atoms with Crippen LogP contribution in [-0.4, -0.2) is 28.2 Å². The molecule has 0 unspecified atom stereocenters. The van der Waals surface area contributed by atoms with Gasteiger partial charge >= 0.3 is 6.09 Å². The van der Waals surface area contributed by atoms with Gasteiger partial charge in [-0.25, -0.2) is 14.8 Å². The number of halogens is 1. The van der Waals surface area contributed by atoms with Crippen LogP contribution in [-0.2, 0) is 4.74 Å². The zero-order valence-electron chi connectivity index (χ0n) is 17.8. The Kier molecular flexibility index (Phi) is 7.47. The molecular formula is C24H26ClN3O3. The van der Waals surface area contributed by atoms with E-state index in [1.807, 2.05) is 75.4 Å². The number of nitrogens with zero attached hydrogens (tertiary/aromatic N) is 2. The Balaban J connectivity index is 1.72. The average molecular weight is 440 g/mol. The molecule has 1 atom stereocenters. The van der Waals surface area contributed by atoms with Gasteiger partial charge in [0.25, 0.3) is 0 Å². The molecule has 0 saturated heterocycles. The van der Waals surface area contributed by atoms with Gasteiger partial charge in [-0.05, 0) is 56.1 Å². The third kappa shape index (κ3) is 7.26. The fourth-order valence-corrected chi connectivity index (χ4v) is 3.12. The maximum atomic E-state index is 12.0. The first-order chi connectivity index (χ1) is 14.8. The zero-order chi connectivity index (χ0) is 22.3. The highest BCUT2D eigenvalue weighted by Gasteiger charge is 2.18. The number of alkyl carbamates (subject to hydrolysis) is 1. The monoisotopic (exact) mass is 439 g/mol. The standard InChI is InChI=1S/C24H26ClN3O3/c1-24(2,3)31-23(29)27-15-13-21(17-8-5-4-6-9-17)30-19-11-7-10-18(16-19)20-12-14-26-22(25)28-20/h4-12,14,16,21H,13,15H2,1-3H3,(H,27,29)/t21-/m1/s1. The molecule has 162 valence electrons. The third-order valence-corrected chi connectivity index (χ3v) is 4.46. The molecule has 0 bridgehead atoms. The fourth-order valence-electron chi connectivity index (χ4n) is 2.97. The molecule has 0 aliphatic carbocycles. The maximum Gasteiger partial charge on any atom is 0.407 e. The number of nitrogens with one attached hydrogen (secondary N) is 1. The molecule has 0 saturated carbocycles. The molecule has 7 heteroatoms. The van der Waals surface area contributed by atoms with Crippen molar-refractivity contribution >= 4 is 17.7 Å². The lowest BCUT2D eigenvalue weighted by Crippen LogP contribution is -2.33. The Morgan fingerprint density at radius 3 is 2.58 bits per heavy atom. The van der Waals surface area contributed by atoms with Crippen molar-refractivity contribution in [3.05, 3.63) is 77.7 Å². The molecule has 1 amide bonds. The minimum atomic E-state index is -0.538. The molecule has 3 rings (SSSR count). The van der Waals surface area contributed by atoms with E-state index < -0.39 is 11.7 Å². The Hall–Kier alpha value is -3.12. The summed E-state index contributed by atoms with van der Waals surface area (Å²) in [5.41, 5.74) is 2.07. The van der Waals surface area contributed by atoms with Crippen molar-refractivity contribution < 1.29 is 14.3 Å². The number of rotatable bonds is 7. The van der Waals surface area contributed by atoms with Crippen LogP contribution in [0.3, 0.4) is 0 Å². The van der Waals surface area contributed by atoms with E-state index in [9.17, 15) is 4.79 Å². The van der Waals surface area contributed by atoms with E-state index in [1.54, 1.807) is 12.3 Å². The summed E-state index contributed by atoms with van der Waals surface area (Å²) in [5, 5.41) is 2.99. The predicted molar refractivity (Wildman–Crippen MR) is 121 cm³/mol. The van der Waals surface area contributed by atoms with E-state index in [2.05, 4.69) is 15.3 Å². The number of carbonyl (C=O) groups excluding carboxylic acids is 1. The van der Waals surface area contributed by atoms with Crippen LogP contribution in [0.4, 0.5) is 4.79 Å². The van der Waals surface area contributed by atoms with Crippen LogP contribution >= 0.6 is 11.6 Å². The topological polar surface area (TPSA) is 73.3 Å². The van der Waals surface area contributed by atoms with Crippen LogP contribution in [0, 0.1) is 0 Å². The van der Waals surface area contributed by atoms with Gasteiger partial charge in [0.1, 0.15) is 17.5 Å². The van der Waals surface area contributed by atoms with Crippen molar-refractivity contribution in [2.24, 2.45) is 0 Å². The molecule has 0 aliphatic rings. The van der Waals surface area contributed by atoms with Crippen LogP contribution < -0.4 is 10.1 Å². The molecule has 0 fully saturated rings. The summed E-state index contributed by atoms with van der Waals surface area (Å²) in [6, 6.07) is 19.3. The van der Waals surface area contributed by atoms with Crippen LogP contribution in [0.25, 0.3) is 11.3 Å². The van der Waals surface area contributed by atoms with Crippen LogP contribution in [0.1, 0.15) is 38.9 Å². The van der Waals surface area contributed by atoms with Crippen molar-refractivity contribution in [2.45, 2.75) is 38.9 Å². The summed E-state index contributed by atoms with van der Waals surface area (Å²) >= 11 is 5.92. The van der Waals surface area contributed by atoms with Gasteiger partial charge in [0.2, 0.25) is 5.28 Å². The normalized spacial score (nSPS) is 12.1. The van der Waals surface area contributed by atoms with E-state index in [0.717, 1.165) is 11.1 Å². The number of benzene rings is 2. The van der Waals surface area contributed by atoms with Crippen LogP contribution in [0.15, 0.2) is 66.9 Å². The highest BCUT2D eigenvalue weighted by molar-refractivity contribution is 6.28. The Morgan fingerprint density at radius 2 is 1.87 bits per heavy atom. The number of hydrogen-bond donors (Lipinski definition) is 1. The third-order valence-electron chi connectivity index (χ3n) is 4.28. The molecule has 1 heterocycles. The summed E-state index contributed by atoms with van der Waals surface area (Å²) in [5.74, 6) is 0.693. The second kappa shape index (κ2) is 10.3. The van der Waals surface area contributed by atoms with E-state index >= 15 is 0 Å². The summed E-state index contributed by atoms with van der Waals surface area (Å²) < 4.78 is 11.6. The summed E-state index contributed by atoms with van der Waals surface area (Å²) in [6.45, 7) is 5.91. The quantitative estimate of drug-likeness (QED) is 0.468. The summed E-state index contributed by atoms with van der Waals surface area (Å²) in [4.78, 5) is 20.1. The lowest BCUT2D eigenvalue weighted by molar-refractivity contribution is 0.0520. The smallest absolute Gasteiger partial charge is 0.407 e. The van der Waals surface area contributed by atoms with Gasteiger partial charge in [-0.15, -0.1) is 0 Å². The number of ether oxygens (including phenoxy) is 2. The van der Waals surface area contributed by atoms with Gasteiger partial charge in [0.05, 0.1) is 5.69 Å². The number of hydrogen-bond acceptors (Lipinski definition) is 5. The highest BCUT2D eigenvalue weighted by Crippen LogP contribution is 2.28. The number of carbonyl (C=O) groups is 1. The minimum Gasteiger partial charge on any atom is -0.486 e. The largest absolute Gasteiger partial charge is 0.486 e. The molecule has 0 spiro atoms. The van der Waals surface area contributed by atoms with Crippen molar-refractivity contribution in [3.8, 4) is 17.0 Å². The second-order valence-corrected chi connectivity index (χ2v) is 8.31. The van der Waals surface area contributed by atoms with E-state index in [-0.39, 0.29) is 11.4 Å². The zero-order valence-corrected chi connectivity index (χ0v) is 18.6. The predicted octanol–water partition coefficient (Wildman–Crippen LogP) is 5.83. The summed E-state index contributed by atoms with van der Waals surface area (Å²) in [7, 11) is 0. The SMILES string of the molecule is CC(C)(C)OC(=O)NCC[C@@H](Oc1cccc(-c2ccnc(Cl)n2)c1)c1ccccc1. The summed E-state index contributed by atoms with van der Waals surface area (Å²) in [6.07, 6.45) is 1.50. The Labute approximate surface area is 187 Å². The Morgan fingerprint density at radius 1 is 1.10 bits per heavy atom. The van der Waals surface area contributed by atoms with Gasteiger partial charge in [-0.1, -0.05) is 42.5 Å². The lowest BCUT2D eigenvalue weighted by atomic mass is 10.1.